The first-order chi connectivity index (χ1) is 9.22. The van der Waals surface area contributed by atoms with Crippen LogP contribution in [0.4, 0.5) is 0 Å². The number of piperazine rings is 1. The monoisotopic (exact) mass is 266 g/mol. The van der Waals surface area contributed by atoms with Crippen LogP contribution in [-0.4, -0.2) is 59.5 Å². The number of carbonyl (C=O) groups is 2. The molecule has 3 atom stereocenters. The van der Waals surface area contributed by atoms with E-state index in [2.05, 4.69) is 0 Å². The van der Waals surface area contributed by atoms with Crippen molar-refractivity contribution in [2.24, 2.45) is 0 Å². The van der Waals surface area contributed by atoms with Crippen LogP contribution in [0.1, 0.15) is 39.0 Å². The number of ether oxygens (including phenoxy) is 1. The smallest absolute Gasteiger partial charge is 0.246 e. The van der Waals surface area contributed by atoms with E-state index >= 15 is 0 Å². The van der Waals surface area contributed by atoms with E-state index < -0.39 is 0 Å². The van der Waals surface area contributed by atoms with Crippen LogP contribution in [-0.2, 0) is 14.3 Å². The second-order valence-electron chi connectivity index (χ2n) is 5.74. The predicted molar refractivity (Wildman–Crippen MR) is 69.5 cm³/mol. The van der Waals surface area contributed by atoms with Crippen molar-refractivity contribution in [2.75, 3.05) is 19.7 Å². The third-order valence-corrected chi connectivity index (χ3v) is 4.58. The first-order valence-electron chi connectivity index (χ1n) is 7.45. The Morgan fingerprint density at radius 2 is 2.05 bits per heavy atom. The summed E-state index contributed by atoms with van der Waals surface area (Å²) in [7, 11) is 0. The fourth-order valence-corrected chi connectivity index (χ4v) is 3.58. The summed E-state index contributed by atoms with van der Waals surface area (Å²) in [5.41, 5.74) is 0. The molecular formula is C14H22N2O3. The van der Waals surface area contributed by atoms with Gasteiger partial charge >= 0.3 is 0 Å². The molecule has 3 rings (SSSR count). The van der Waals surface area contributed by atoms with Gasteiger partial charge in [-0.1, -0.05) is 6.92 Å². The van der Waals surface area contributed by atoms with Gasteiger partial charge in [-0.3, -0.25) is 9.59 Å². The number of hydrogen-bond donors (Lipinski definition) is 0. The molecule has 3 aliphatic rings. The van der Waals surface area contributed by atoms with Crippen LogP contribution >= 0.6 is 0 Å². The molecule has 106 valence electrons. The molecule has 5 heteroatoms. The molecule has 0 aromatic carbocycles. The molecule has 19 heavy (non-hydrogen) atoms. The van der Waals surface area contributed by atoms with Crippen LogP contribution < -0.4 is 0 Å². The van der Waals surface area contributed by atoms with E-state index in [0.717, 1.165) is 38.8 Å². The van der Waals surface area contributed by atoms with Crippen molar-refractivity contribution in [1.29, 1.82) is 0 Å². The molecule has 3 saturated heterocycles. The summed E-state index contributed by atoms with van der Waals surface area (Å²) in [4.78, 5) is 28.6. The average Bonchev–Trinajstić information content (AvgIpc) is 3.07. The second-order valence-corrected chi connectivity index (χ2v) is 5.74. The summed E-state index contributed by atoms with van der Waals surface area (Å²) < 4.78 is 5.62. The minimum Gasteiger partial charge on any atom is -0.376 e. The lowest BCUT2D eigenvalue weighted by Crippen LogP contribution is -2.63. The highest BCUT2D eigenvalue weighted by Gasteiger charge is 2.47. The number of nitrogens with zero attached hydrogens (tertiary/aromatic N) is 2. The van der Waals surface area contributed by atoms with Gasteiger partial charge in [0.2, 0.25) is 11.8 Å². The number of amides is 2. The zero-order valence-electron chi connectivity index (χ0n) is 11.5. The second kappa shape index (κ2) is 5.12. The Kier molecular flexibility index (Phi) is 3.48. The minimum absolute atomic E-state index is 0.124. The van der Waals surface area contributed by atoms with Gasteiger partial charge in [-0.15, -0.1) is 0 Å². The van der Waals surface area contributed by atoms with Gasteiger partial charge in [0.1, 0.15) is 12.1 Å². The van der Waals surface area contributed by atoms with E-state index in [0.29, 0.717) is 13.0 Å². The van der Waals surface area contributed by atoms with Crippen LogP contribution in [0.2, 0.25) is 0 Å². The molecule has 3 heterocycles. The number of rotatable bonds is 3. The molecule has 0 aromatic rings. The lowest BCUT2D eigenvalue weighted by Gasteiger charge is -2.42. The highest BCUT2D eigenvalue weighted by molar-refractivity contribution is 5.97. The Morgan fingerprint density at radius 3 is 2.74 bits per heavy atom. The predicted octanol–water partition coefficient (Wildman–Crippen LogP) is 0.777. The summed E-state index contributed by atoms with van der Waals surface area (Å²) in [6, 6.07) is -0.470. The molecular weight excluding hydrogens is 244 g/mol. The van der Waals surface area contributed by atoms with Crippen molar-refractivity contribution in [3.05, 3.63) is 0 Å². The Labute approximate surface area is 113 Å². The first-order valence-corrected chi connectivity index (χ1v) is 7.45. The molecule has 0 bridgehead atoms. The van der Waals surface area contributed by atoms with E-state index in [-0.39, 0.29) is 30.0 Å². The molecule has 0 aliphatic carbocycles. The molecule has 0 spiro atoms. The van der Waals surface area contributed by atoms with Crippen molar-refractivity contribution in [2.45, 2.75) is 57.2 Å². The van der Waals surface area contributed by atoms with Crippen molar-refractivity contribution in [3.8, 4) is 0 Å². The van der Waals surface area contributed by atoms with Crippen LogP contribution in [0, 0.1) is 0 Å². The van der Waals surface area contributed by atoms with Crippen molar-refractivity contribution >= 4 is 11.8 Å². The van der Waals surface area contributed by atoms with Gasteiger partial charge in [-0.25, -0.2) is 0 Å². The van der Waals surface area contributed by atoms with Crippen molar-refractivity contribution in [3.63, 3.8) is 0 Å². The maximum Gasteiger partial charge on any atom is 0.246 e. The van der Waals surface area contributed by atoms with Crippen LogP contribution in [0.25, 0.3) is 0 Å². The molecule has 0 N–H and O–H groups in total. The Bertz CT molecular complexity index is 379. The summed E-state index contributed by atoms with van der Waals surface area (Å²) in [6.07, 6.45) is 4.66. The van der Waals surface area contributed by atoms with Gasteiger partial charge in [0.25, 0.3) is 0 Å². The van der Waals surface area contributed by atoms with Gasteiger partial charge in [0, 0.05) is 19.7 Å². The molecule has 3 fully saturated rings. The van der Waals surface area contributed by atoms with E-state index in [9.17, 15) is 9.59 Å². The maximum atomic E-state index is 12.6. The zero-order chi connectivity index (χ0) is 13.4. The third kappa shape index (κ3) is 2.14. The summed E-state index contributed by atoms with van der Waals surface area (Å²) in [6.45, 7) is 4.11. The van der Waals surface area contributed by atoms with Crippen LogP contribution in [0.3, 0.4) is 0 Å². The van der Waals surface area contributed by atoms with Gasteiger partial charge in [0.15, 0.2) is 0 Å². The molecule has 5 nitrogen and oxygen atoms in total. The standard InChI is InChI=1S/C14H22N2O3/c1-2-11-13(17)15-7-3-6-12(15)14(18)16(11)9-10-5-4-8-19-10/h10-12H,2-9H2,1H3. The number of carbonyl (C=O) groups excluding carboxylic acids is 2. The highest BCUT2D eigenvalue weighted by atomic mass is 16.5. The summed E-state index contributed by atoms with van der Waals surface area (Å²) in [5.74, 6) is 0.280. The fraction of sp³-hybridized carbons (Fsp3) is 0.857. The summed E-state index contributed by atoms with van der Waals surface area (Å²) in [5, 5.41) is 0. The quantitative estimate of drug-likeness (QED) is 0.758. The lowest BCUT2D eigenvalue weighted by atomic mass is 10.0. The number of fused-ring (bicyclic) bond motifs is 1. The Balaban J connectivity index is 1.78. The topological polar surface area (TPSA) is 49.9 Å². The summed E-state index contributed by atoms with van der Waals surface area (Å²) >= 11 is 0. The molecule has 3 aliphatic heterocycles. The average molecular weight is 266 g/mol. The maximum absolute atomic E-state index is 12.6. The minimum atomic E-state index is -0.272. The van der Waals surface area contributed by atoms with Gasteiger partial charge in [-0.2, -0.15) is 0 Å². The van der Waals surface area contributed by atoms with E-state index in [1.807, 2.05) is 6.92 Å². The SMILES string of the molecule is CCC1C(=O)N2CCCC2C(=O)N1CC1CCCO1. The van der Waals surface area contributed by atoms with Gasteiger partial charge < -0.3 is 14.5 Å². The van der Waals surface area contributed by atoms with Crippen molar-refractivity contribution < 1.29 is 14.3 Å². The van der Waals surface area contributed by atoms with E-state index in [1.165, 1.54) is 0 Å². The lowest BCUT2D eigenvalue weighted by molar-refractivity contribution is -0.161. The van der Waals surface area contributed by atoms with Crippen molar-refractivity contribution in [1.82, 2.24) is 9.80 Å². The van der Waals surface area contributed by atoms with Gasteiger partial charge in [0.05, 0.1) is 6.10 Å². The van der Waals surface area contributed by atoms with Crippen LogP contribution in [0.5, 0.6) is 0 Å². The number of hydrogen-bond acceptors (Lipinski definition) is 3. The normalized spacial score (nSPS) is 35.1. The van der Waals surface area contributed by atoms with Gasteiger partial charge in [-0.05, 0) is 32.1 Å². The van der Waals surface area contributed by atoms with E-state index in [1.54, 1.807) is 9.80 Å². The highest BCUT2D eigenvalue weighted by Crippen LogP contribution is 2.29. The Hall–Kier alpha value is -1.10. The zero-order valence-corrected chi connectivity index (χ0v) is 11.5. The third-order valence-electron chi connectivity index (χ3n) is 4.58. The molecule has 0 radical (unpaired) electrons. The molecule has 2 amide bonds. The molecule has 0 saturated carbocycles. The molecule has 0 aromatic heterocycles. The fourth-order valence-electron chi connectivity index (χ4n) is 3.58. The van der Waals surface area contributed by atoms with E-state index in [4.69, 9.17) is 4.74 Å². The molecule has 3 unspecified atom stereocenters. The Morgan fingerprint density at radius 1 is 1.21 bits per heavy atom. The van der Waals surface area contributed by atoms with Crippen LogP contribution in [0.15, 0.2) is 0 Å². The first kappa shape index (κ1) is 12.9. The largest absolute Gasteiger partial charge is 0.376 e.